The summed E-state index contributed by atoms with van der Waals surface area (Å²) in [6, 6.07) is 51.3. The van der Waals surface area contributed by atoms with Crippen molar-refractivity contribution in [1.82, 2.24) is 0 Å². The van der Waals surface area contributed by atoms with E-state index in [-0.39, 0.29) is 28.4 Å². The maximum Gasteiger partial charge on any atom is 0.297 e. The molecule has 0 N–H and O–H groups in total. The summed E-state index contributed by atoms with van der Waals surface area (Å²) in [4.78, 5) is 5.18. The predicted molar refractivity (Wildman–Crippen MR) is 285 cm³/mol. The zero-order valence-electron chi connectivity index (χ0n) is 41.0. The molecule has 3 unspecified atom stereocenters. The first-order valence-corrected chi connectivity index (χ1v) is 25.2. The van der Waals surface area contributed by atoms with Crippen LogP contribution in [0.3, 0.4) is 0 Å². The van der Waals surface area contributed by atoms with Gasteiger partial charge in [-0.1, -0.05) is 148 Å². The highest BCUT2D eigenvalue weighted by atomic mass is 16.3. The maximum atomic E-state index is 7.46. The van der Waals surface area contributed by atoms with E-state index in [0.29, 0.717) is 5.92 Å². The number of benzene rings is 7. The van der Waals surface area contributed by atoms with Crippen molar-refractivity contribution in [3.8, 4) is 11.1 Å². The van der Waals surface area contributed by atoms with E-state index in [4.69, 9.17) is 8.83 Å². The van der Waals surface area contributed by atoms with Crippen LogP contribution in [0.15, 0.2) is 142 Å². The Bertz CT molecular complexity index is 3640. The van der Waals surface area contributed by atoms with Crippen LogP contribution < -0.4 is 26.4 Å². The molecule has 0 amide bonds. The molecule has 5 aliphatic rings. The molecule has 2 fully saturated rings. The lowest BCUT2D eigenvalue weighted by Crippen LogP contribution is -2.61. The van der Waals surface area contributed by atoms with Crippen molar-refractivity contribution >= 4 is 90.3 Å². The molecule has 5 heteroatoms. The molecule has 3 aliphatic carbocycles. The Morgan fingerprint density at radius 3 is 1.97 bits per heavy atom. The second kappa shape index (κ2) is 13.4. The highest BCUT2D eigenvalue weighted by Gasteiger charge is 2.57. The summed E-state index contributed by atoms with van der Waals surface area (Å²) in [5, 5.41) is 3.42. The summed E-state index contributed by atoms with van der Waals surface area (Å²) in [6.45, 7) is 20.9. The van der Waals surface area contributed by atoms with Crippen LogP contribution in [0, 0.1) is 11.8 Å². The minimum atomic E-state index is -0.165. The van der Waals surface area contributed by atoms with E-state index in [1.807, 2.05) is 0 Å². The molecule has 9 aromatic rings. The van der Waals surface area contributed by atoms with Gasteiger partial charge in [-0.15, -0.1) is 0 Å². The number of nitrogens with zero attached hydrogens (tertiary/aromatic N) is 2. The summed E-state index contributed by atoms with van der Waals surface area (Å²) in [7, 11) is 0. The zero-order chi connectivity index (χ0) is 46.4. The molecular formula is C63H59BN2O2. The van der Waals surface area contributed by atoms with Gasteiger partial charge in [0.1, 0.15) is 11.2 Å². The summed E-state index contributed by atoms with van der Waals surface area (Å²) < 4.78 is 14.4. The van der Waals surface area contributed by atoms with Gasteiger partial charge < -0.3 is 18.6 Å². The second-order valence-corrected chi connectivity index (χ2v) is 24.2. The second-order valence-electron chi connectivity index (χ2n) is 24.2. The van der Waals surface area contributed by atoms with Crippen LogP contribution in [0.2, 0.25) is 0 Å². The average molecular weight is 887 g/mol. The predicted octanol–water partition coefficient (Wildman–Crippen LogP) is 15.4. The number of hydrogen-bond donors (Lipinski definition) is 0. The first kappa shape index (κ1) is 40.6. The molecular weight excluding hydrogens is 828 g/mol. The smallest absolute Gasteiger partial charge is 0.297 e. The molecule has 2 bridgehead atoms. The molecule has 2 aliphatic heterocycles. The Labute approximate surface area is 401 Å². The van der Waals surface area contributed by atoms with Crippen molar-refractivity contribution in [2.45, 2.75) is 110 Å². The molecule has 2 aromatic heterocycles. The SMILES string of the molecule is CC(C)(C)c1ccc2c(c1)N(c1cccc3c1oc1ccccc13)c1cc(C(C)(C)C)cc3c1B2c1oc2ccc(C(C)(C)C)cc2c1N3c1ccc2c(c1)C1(CC3CCC1C3)c1ccccc1-2. The number of rotatable bonds is 2. The van der Waals surface area contributed by atoms with Gasteiger partial charge in [-0.2, -0.15) is 0 Å². The van der Waals surface area contributed by atoms with Crippen molar-refractivity contribution in [2.75, 3.05) is 9.80 Å². The average Bonchev–Trinajstić information content (AvgIpc) is 4.15. The number of furan rings is 2. The van der Waals surface area contributed by atoms with Crippen molar-refractivity contribution in [3.63, 3.8) is 0 Å². The number of para-hydroxylation sites is 2. The lowest BCUT2D eigenvalue weighted by Gasteiger charge is -2.44. The largest absolute Gasteiger partial charge is 0.468 e. The van der Waals surface area contributed by atoms with E-state index in [9.17, 15) is 0 Å². The Morgan fingerprint density at radius 2 is 1.21 bits per heavy atom. The maximum absolute atomic E-state index is 7.46. The van der Waals surface area contributed by atoms with Gasteiger partial charge in [0.25, 0.3) is 6.71 Å². The summed E-state index contributed by atoms with van der Waals surface area (Å²) in [5.74, 6) is 1.45. The first-order chi connectivity index (χ1) is 32.6. The van der Waals surface area contributed by atoms with Gasteiger partial charge >= 0.3 is 0 Å². The van der Waals surface area contributed by atoms with Gasteiger partial charge in [0, 0.05) is 44.3 Å². The van der Waals surface area contributed by atoms with Gasteiger partial charge in [-0.05, 0) is 152 Å². The highest BCUT2D eigenvalue weighted by molar-refractivity contribution is 7.00. The molecule has 3 atom stereocenters. The van der Waals surface area contributed by atoms with Crippen molar-refractivity contribution < 1.29 is 8.83 Å². The van der Waals surface area contributed by atoms with Crippen molar-refractivity contribution in [3.05, 3.63) is 161 Å². The summed E-state index contributed by atoms with van der Waals surface area (Å²) in [5.41, 5.74) is 22.8. The van der Waals surface area contributed by atoms with Crippen molar-refractivity contribution in [1.29, 1.82) is 0 Å². The van der Waals surface area contributed by atoms with Crippen LogP contribution >= 0.6 is 0 Å². The Morgan fingerprint density at radius 1 is 0.529 bits per heavy atom. The molecule has 4 heterocycles. The fourth-order valence-electron chi connectivity index (χ4n) is 13.8. The molecule has 0 radical (unpaired) electrons. The third-order valence-corrected chi connectivity index (χ3v) is 17.2. The zero-order valence-corrected chi connectivity index (χ0v) is 41.0. The van der Waals surface area contributed by atoms with Crippen LogP contribution in [-0.4, -0.2) is 6.71 Å². The van der Waals surface area contributed by atoms with Crippen LogP contribution in [-0.2, 0) is 21.7 Å². The molecule has 4 nitrogen and oxygen atoms in total. The molecule has 68 heavy (non-hydrogen) atoms. The first-order valence-electron chi connectivity index (χ1n) is 25.2. The molecule has 336 valence electrons. The topological polar surface area (TPSA) is 32.8 Å². The Kier molecular flexibility index (Phi) is 8.00. The van der Waals surface area contributed by atoms with E-state index in [0.717, 1.165) is 50.5 Å². The quantitative estimate of drug-likeness (QED) is 0.162. The fourth-order valence-corrected chi connectivity index (χ4v) is 13.8. The third kappa shape index (κ3) is 5.39. The third-order valence-electron chi connectivity index (χ3n) is 17.2. The molecule has 14 rings (SSSR count). The number of hydrogen-bond acceptors (Lipinski definition) is 4. The highest BCUT2D eigenvalue weighted by Crippen LogP contribution is 2.66. The van der Waals surface area contributed by atoms with Crippen molar-refractivity contribution in [2.24, 2.45) is 11.8 Å². The number of anilines is 6. The van der Waals surface area contributed by atoms with Gasteiger partial charge in [0.15, 0.2) is 5.58 Å². The minimum absolute atomic E-state index is 0.0440. The molecule has 1 spiro atoms. The monoisotopic (exact) mass is 886 g/mol. The van der Waals surface area contributed by atoms with Gasteiger partial charge in [0.05, 0.1) is 17.0 Å². The molecule has 7 aromatic carbocycles. The fraction of sp³-hybridized carbons (Fsp3) is 0.302. The van der Waals surface area contributed by atoms with E-state index in [1.165, 1.54) is 98.1 Å². The molecule has 0 saturated heterocycles. The molecule has 2 saturated carbocycles. The van der Waals surface area contributed by atoms with E-state index >= 15 is 0 Å². The normalized spacial score (nSPS) is 20.2. The summed E-state index contributed by atoms with van der Waals surface area (Å²) >= 11 is 0. The number of fused-ring (bicyclic) bond motifs is 17. The van der Waals surface area contributed by atoms with E-state index in [1.54, 1.807) is 5.56 Å². The summed E-state index contributed by atoms with van der Waals surface area (Å²) in [6.07, 6.45) is 5.25. The lowest BCUT2D eigenvalue weighted by molar-refractivity contribution is 0.327. The Balaban J connectivity index is 1.11. The van der Waals surface area contributed by atoms with Crippen LogP contribution in [0.5, 0.6) is 0 Å². The van der Waals surface area contributed by atoms with Crippen LogP contribution in [0.25, 0.3) is 44.0 Å². The minimum Gasteiger partial charge on any atom is -0.468 e. The van der Waals surface area contributed by atoms with Gasteiger partial charge in [0.2, 0.25) is 0 Å². The van der Waals surface area contributed by atoms with Gasteiger partial charge in [-0.25, -0.2) is 0 Å². The van der Waals surface area contributed by atoms with E-state index in [2.05, 4.69) is 206 Å². The van der Waals surface area contributed by atoms with Gasteiger partial charge in [-0.3, -0.25) is 0 Å². The van der Waals surface area contributed by atoms with Crippen LogP contribution in [0.1, 0.15) is 116 Å². The standard InChI is InChI=1S/C63H59BN2O2/c1-60(2,3)37-24-28-55-46(30-37)57-59(68-55)64-49-27-23-38(61(4,5)6)31-51(49)66(50-19-14-17-45-44-16-11-13-20-54(44)67-58(45)50)53-33-40(62(7,8)9)32-52(56(53)64)65(57)41-25-26-43-42-15-10-12-18-47(42)63(48(43)34-41)35-36-21-22-39(63)29-36/h10-20,23-28,30-34,36,39H,21-22,29,35H2,1-9H3. The van der Waals surface area contributed by atoms with Crippen LogP contribution in [0.4, 0.5) is 34.1 Å². The Hall–Kier alpha value is -6.46. The lowest BCUT2D eigenvalue weighted by atomic mass is 9.35. The van der Waals surface area contributed by atoms with E-state index < -0.39 is 0 Å².